The van der Waals surface area contributed by atoms with E-state index in [4.69, 9.17) is 5.73 Å². The zero-order valence-corrected chi connectivity index (χ0v) is 12.6. The number of aryl methyl sites for hydroxylation is 1. The van der Waals surface area contributed by atoms with Crippen LogP contribution in [0, 0.1) is 0 Å². The molecule has 20 heavy (non-hydrogen) atoms. The van der Waals surface area contributed by atoms with Gasteiger partial charge in [-0.05, 0) is 32.9 Å². The molecule has 1 aliphatic heterocycles. The average molecular weight is 301 g/mol. The fourth-order valence-electron chi connectivity index (χ4n) is 2.39. The predicted octanol–water partition coefficient (Wildman–Crippen LogP) is -0.396. The van der Waals surface area contributed by atoms with Gasteiger partial charge in [0.25, 0.3) is 10.0 Å². The summed E-state index contributed by atoms with van der Waals surface area (Å²) in [7, 11) is -3.50. The molecule has 1 aromatic heterocycles. The lowest BCUT2D eigenvalue weighted by Gasteiger charge is -2.31. The lowest BCUT2D eigenvalue weighted by Crippen LogP contribution is -2.45. The van der Waals surface area contributed by atoms with Crippen LogP contribution in [0.4, 0.5) is 0 Å². The zero-order valence-electron chi connectivity index (χ0n) is 11.8. The van der Waals surface area contributed by atoms with Gasteiger partial charge in [-0.2, -0.15) is 0 Å². The van der Waals surface area contributed by atoms with Crippen LogP contribution in [0.3, 0.4) is 0 Å². The van der Waals surface area contributed by atoms with E-state index in [1.54, 1.807) is 17.1 Å². The first kappa shape index (κ1) is 15.4. The molecule has 8 heteroatoms. The summed E-state index contributed by atoms with van der Waals surface area (Å²) in [5.74, 6) is 0. The molecule has 0 aromatic carbocycles. The van der Waals surface area contributed by atoms with Gasteiger partial charge in [0.05, 0.1) is 6.33 Å². The average Bonchev–Trinajstić information content (AvgIpc) is 2.91. The minimum atomic E-state index is -3.50. The topological polar surface area (TPSA) is 93.2 Å². The van der Waals surface area contributed by atoms with Crippen molar-refractivity contribution in [1.29, 1.82) is 0 Å². The SMILES string of the molecule is CCn1cnc(S(=O)(=O)NC2CCN(CCN)CC2)c1. The molecule has 1 saturated heterocycles. The number of nitrogens with two attached hydrogens (primary N) is 1. The van der Waals surface area contributed by atoms with Crippen molar-refractivity contribution >= 4 is 10.0 Å². The van der Waals surface area contributed by atoms with Crippen LogP contribution >= 0.6 is 0 Å². The molecular formula is C12H23N5O2S. The van der Waals surface area contributed by atoms with E-state index in [-0.39, 0.29) is 11.1 Å². The van der Waals surface area contributed by atoms with E-state index >= 15 is 0 Å². The Labute approximate surface area is 120 Å². The number of likely N-dealkylation sites (tertiary alicyclic amines) is 1. The number of nitrogens with zero attached hydrogens (tertiary/aromatic N) is 3. The Morgan fingerprint density at radius 1 is 1.45 bits per heavy atom. The van der Waals surface area contributed by atoms with E-state index in [1.807, 2.05) is 6.92 Å². The van der Waals surface area contributed by atoms with E-state index < -0.39 is 10.0 Å². The van der Waals surface area contributed by atoms with Crippen LogP contribution in [0.25, 0.3) is 0 Å². The van der Waals surface area contributed by atoms with E-state index in [0.29, 0.717) is 13.1 Å². The first-order chi connectivity index (χ1) is 9.55. The van der Waals surface area contributed by atoms with Crippen LogP contribution in [0.2, 0.25) is 0 Å². The molecule has 0 bridgehead atoms. The van der Waals surface area contributed by atoms with Crippen LogP contribution in [0.1, 0.15) is 19.8 Å². The van der Waals surface area contributed by atoms with Crippen LogP contribution in [0.5, 0.6) is 0 Å². The van der Waals surface area contributed by atoms with Crippen molar-refractivity contribution in [2.75, 3.05) is 26.2 Å². The van der Waals surface area contributed by atoms with Gasteiger partial charge in [-0.3, -0.25) is 0 Å². The maximum atomic E-state index is 12.2. The lowest BCUT2D eigenvalue weighted by molar-refractivity contribution is 0.212. The Balaban J connectivity index is 1.92. The summed E-state index contributed by atoms with van der Waals surface area (Å²) in [6.07, 6.45) is 4.73. The Morgan fingerprint density at radius 2 is 2.15 bits per heavy atom. The standard InChI is InChI=1S/C12H23N5O2S/c1-2-16-9-12(14-10-16)20(18,19)15-11-3-6-17(7-4-11)8-5-13/h9-11,15H,2-8,13H2,1H3. The van der Waals surface area contributed by atoms with Gasteiger partial charge in [0, 0.05) is 31.9 Å². The molecule has 1 fully saturated rings. The molecule has 1 aliphatic rings. The third-order valence-corrected chi connectivity index (χ3v) is 5.01. The lowest BCUT2D eigenvalue weighted by atomic mass is 10.1. The Morgan fingerprint density at radius 3 is 2.70 bits per heavy atom. The Kier molecular flexibility index (Phi) is 5.14. The smallest absolute Gasteiger partial charge is 0.259 e. The summed E-state index contributed by atoms with van der Waals surface area (Å²) >= 11 is 0. The van der Waals surface area contributed by atoms with Crippen molar-refractivity contribution in [2.45, 2.75) is 37.4 Å². The number of hydrogen-bond acceptors (Lipinski definition) is 5. The van der Waals surface area contributed by atoms with E-state index in [0.717, 1.165) is 32.5 Å². The first-order valence-corrected chi connectivity index (χ1v) is 8.50. The third kappa shape index (κ3) is 3.78. The van der Waals surface area contributed by atoms with Gasteiger partial charge in [-0.25, -0.2) is 18.1 Å². The third-order valence-electron chi connectivity index (χ3n) is 3.60. The van der Waals surface area contributed by atoms with Gasteiger partial charge in [0.15, 0.2) is 5.03 Å². The number of hydrogen-bond donors (Lipinski definition) is 2. The number of piperidine rings is 1. The van der Waals surface area contributed by atoms with Gasteiger partial charge in [0.1, 0.15) is 0 Å². The van der Waals surface area contributed by atoms with Crippen molar-refractivity contribution in [3.8, 4) is 0 Å². The van der Waals surface area contributed by atoms with Gasteiger partial charge in [-0.1, -0.05) is 0 Å². The maximum absolute atomic E-state index is 12.2. The summed E-state index contributed by atoms with van der Waals surface area (Å²) in [6, 6.07) is -0.0131. The quantitative estimate of drug-likeness (QED) is 0.746. The highest BCUT2D eigenvalue weighted by Crippen LogP contribution is 2.13. The predicted molar refractivity (Wildman–Crippen MR) is 76.7 cm³/mol. The number of rotatable bonds is 6. The second-order valence-electron chi connectivity index (χ2n) is 5.07. The molecule has 0 atom stereocenters. The fraction of sp³-hybridized carbons (Fsp3) is 0.750. The summed E-state index contributed by atoms with van der Waals surface area (Å²) in [5.41, 5.74) is 5.52. The molecule has 0 spiro atoms. The second kappa shape index (κ2) is 6.66. The molecule has 1 aromatic rings. The minimum Gasteiger partial charge on any atom is -0.336 e. The largest absolute Gasteiger partial charge is 0.336 e. The number of imidazole rings is 1. The molecule has 0 aliphatic carbocycles. The summed E-state index contributed by atoms with van der Waals surface area (Å²) < 4.78 is 28.9. The van der Waals surface area contributed by atoms with E-state index in [9.17, 15) is 8.42 Å². The number of aromatic nitrogens is 2. The molecule has 0 unspecified atom stereocenters. The first-order valence-electron chi connectivity index (χ1n) is 7.01. The van der Waals surface area contributed by atoms with Gasteiger partial charge >= 0.3 is 0 Å². The molecule has 2 rings (SSSR count). The van der Waals surface area contributed by atoms with Crippen LogP contribution in [-0.4, -0.2) is 55.1 Å². The highest BCUT2D eigenvalue weighted by molar-refractivity contribution is 7.89. The number of sulfonamides is 1. The van der Waals surface area contributed by atoms with Gasteiger partial charge in [-0.15, -0.1) is 0 Å². The fourth-order valence-corrected chi connectivity index (χ4v) is 3.64. The molecular weight excluding hydrogens is 278 g/mol. The van der Waals surface area contributed by atoms with Crippen molar-refractivity contribution in [2.24, 2.45) is 5.73 Å². The van der Waals surface area contributed by atoms with Crippen LogP contribution in [-0.2, 0) is 16.6 Å². The maximum Gasteiger partial charge on any atom is 0.259 e. The van der Waals surface area contributed by atoms with Gasteiger partial charge < -0.3 is 15.2 Å². The Bertz CT molecular complexity index is 520. The second-order valence-corrected chi connectivity index (χ2v) is 6.73. The number of nitrogens with one attached hydrogen (secondary N) is 1. The van der Waals surface area contributed by atoms with Crippen molar-refractivity contribution in [3.63, 3.8) is 0 Å². The van der Waals surface area contributed by atoms with Crippen molar-refractivity contribution < 1.29 is 8.42 Å². The molecule has 2 heterocycles. The summed E-state index contributed by atoms with van der Waals surface area (Å²) in [5, 5.41) is 0.101. The highest BCUT2D eigenvalue weighted by Gasteiger charge is 2.25. The molecule has 114 valence electrons. The van der Waals surface area contributed by atoms with Crippen LogP contribution in [0.15, 0.2) is 17.6 Å². The molecule has 0 saturated carbocycles. The van der Waals surface area contributed by atoms with E-state index in [2.05, 4.69) is 14.6 Å². The zero-order chi connectivity index (χ0) is 14.6. The van der Waals surface area contributed by atoms with E-state index in [1.165, 1.54) is 0 Å². The minimum absolute atomic E-state index is 0.0131. The van der Waals surface area contributed by atoms with Crippen LogP contribution < -0.4 is 10.5 Å². The van der Waals surface area contributed by atoms with Gasteiger partial charge in [0.2, 0.25) is 0 Å². The summed E-state index contributed by atoms with van der Waals surface area (Å²) in [6.45, 7) is 5.94. The molecule has 0 radical (unpaired) electrons. The highest BCUT2D eigenvalue weighted by atomic mass is 32.2. The molecule has 7 nitrogen and oxygen atoms in total. The molecule has 0 amide bonds. The summed E-state index contributed by atoms with van der Waals surface area (Å²) in [4.78, 5) is 6.21. The monoisotopic (exact) mass is 301 g/mol. The molecule has 3 N–H and O–H groups in total. The van der Waals surface area contributed by atoms with Crippen molar-refractivity contribution in [1.82, 2.24) is 19.2 Å². The Hall–Kier alpha value is -0.960. The van der Waals surface area contributed by atoms with Crippen molar-refractivity contribution in [3.05, 3.63) is 12.5 Å². The normalized spacial score (nSPS) is 18.5.